The standard InChI is InChI=1S/C12H15N7.2ClH/c13-6-5-12-15-10-3-1-2-4-11(10)19(12)8-7-18-9-14-16-17-18;;/h1-4,9H,5-8,13H2;2*1H. The Labute approximate surface area is 134 Å². The maximum atomic E-state index is 5.65. The van der Waals surface area contributed by atoms with E-state index in [0.29, 0.717) is 13.1 Å². The Morgan fingerprint density at radius 3 is 2.62 bits per heavy atom. The minimum atomic E-state index is 0. The molecule has 2 N–H and O–H groups in total. The molecule has 2 heterocycles. The summed E-state index contributed by atoms with van der Waals surface area (Å²) in [5.41, 5.74) is 7.78. The third-order valence-electron chi connectivity index (χ3n) is 3.05. The normalized spacial score (nSPS) is 10.1. The van der Waals surface area contributed by atoms with E-state index in [1.807, 2.05) is 18.2 Å². The number of benzene rings is 1. The van der Waals surface area contributed by atoms with E-state index >= 15 is 0 Å². The van der Waals surface area contributed by atoms with Crippen LogP contribution in [0.4, 0.5) is 0 Å². The Bertz CT molecular complexity index is 665. The molecule has 0 aliphatic heterocycles. The van der Waals surface area contributed by atoms with Crippen LogP contribution in [0.5, 0.6) is 0 Å². The minimum absolute atomic E-state index is 0. The van der Waals surface area contributed by atoms with Crippen LogP contribution in [0.25, 0.3) is 11.0 Å². The van der Waals surface area contributed by atoms with Crippen molar-refractivity contribution in [3.63, 3.8) is 0 Å². The first-order chi connectivity index (χ1) is 9.38. The number of aromatic nitrogens is 6. The summed E-state index contributed by atoms with van der Waals surface area (Å²) in [6.45, 7) is 2.08. The van der Waals surface area contributed by atoms with E-state index in [4.69, 9.17) is 5.73 Å². The van der Waals surface area contributed by atoms with Gasteiger partial charge < -0.3 is 10.3 Å². The second-order valence-electron chi connectivity index (χ2n) is 4.28. The molecule has 3 rings (SSSR count). The van der Waals surface area contributed by atoms with Crippen LogP contribution in [0.3, 0.4) is 0 Å². The fourth-order valence-corrected chi connectivity index (χ4v) is 2.18. The zero-order valence-electron chi connectivity index (χ0n) is 11.3. The monoisotopic (exact) mass is 329 g/mol. The first-order valence-corrected chi connectivity index (χ1v) is 6.23. The molecule has 3 aromatic rings. The molecule has 114 valence electrons. The van der Waals surface area contributed by atoms with E-state index in [0.717, 1.165) is 29.8 Å². The highest BCUT2D eigenvalue weighted by Crippen LogP contribution is 2.16. The van der Waals surface area contributed by atoms with E-state index in [-0.39, 0.29) is 24.8 Å². The van der Waals surface area contributed by atoms with Crippen molar-refractivity contribution in [3.8, 4) is 0 Å². The predicted octanol–water partition coefficient (Wildman–Crippen LogP) is 1.07. The lowest BCUT2D eigenvalue weighted by Crippen LogP contribution is -2.13. The number of para-hydroxylation sites is 2. The molecule has 0 saturated heterocycles. The number of tetrazole rings is 1. The minimum Gasteiger partial charge on any atom is -0.330 e. The van der Waals surface area contributed by atoms with Crippen molar-refractivity contribution in [2.24, 2.45) is 5.73 Å². The summed E-state index contributed by atoms with van der Waals surface area (Å²) in [4.78, 5) is 4.62. The molecule has 0 unspecified atom stereocenters. The van der Waals surface area contributed by atoms with E-state index in [9.17, 15) is 0 Å². The third kappa shape index (κ3) is 3.69. The summed E-state index contributed by atoms with van der Waals surface area (Å²) in [5.74, 6) is 1.01. The molecule has 7 nitrogen and oxygen atoms in total. The maximum absolute atomic E-state index is 5.65. The SMILES string of the molecule is Cl.Cl.NCCc1nc2ccccc2n1CCn1cnnn1. The smallest absolute Gasteiger partial charge is 0.138 e. The summed E-state index contributed by atoms with van der Waals surface area (Å²) >= 11 is 0. The number of hydrogen-bond acceptors (Lipinski definition) is 5. The molecular formula is C12H17Cl2N7. The van der Waals surface area contributed by atoms with Gasteiger partial charge in [-0.1, -0.05) is 12.1 Å². The van der Waals surface area contributed by atoms with Crippen molar-refractivity contribution in [2.75, 3.05) is 6.54 Å². The van der Waals surface area contributed by atoms with E-state index in [2.05, 4.69) is 31.1 Å². The number of halogens is 2. The molecule has 0 amide bonds. The lowest BCUT2D eigenvalue weighted by molar-refractivity contribution is 0.515. The summed E-state index contributed by atoms with van der Waals surface area (Å²) in [6.07, 6.45) is 2.38. The molecule has 0 aliphatic carbocycles. The molecule has 0 spiro atoms. The van der Waals surface area contributed by atoms with Crippen LogP contribution in [0.2, 0.25) is 0 Å². The van der Waals surface area contributed by atoms with Crippen molar-refractivity contribution >= 4 is 35.8 Å². The lowest BCUT2D eigenvalue weighted by atomic mass is 10.3. The van der Waals surface area contributed by atoms with Gasteiger partial charge in [-0.05, 0) is 29.1 Å². The fourth-order valence-electron chi connectivity index (χ4n) is 2.18. The quantitative estimate of drug-likeness (QED) is 0.756. The second kappa shape index (κ2) is 7.92. The summed E-state index contributed by atoms with van der Waals surface area (Å²) in [5, 5.41) is 11.1. The Morgan fingerprint density at radius 2 is 1.90 bits per heavy atom. The molecule has 9 heteroatoms. The van der Waals surface area contributed by atoms with Crippen molar-refractivity contribution in [3.05, 3.63) is 36.4 Å². The zero-order valence-corrected chi connectivity index (χ0v) is 12.9. The Kier molecular flexibility index (Phi) is 6.54. The van der Waals surface area contributed by atoms with Gasteiger partial charge in [0.25, 0.3) is 0 Å². The zero-order chi connectivity index (χ0) is 13.1. The molecule has 0 atom stereocenters. The van der Waals surface area contributed by atoms with Crippen LogP contribution in [-0.4, -0.2) is 36.3 Å². The fraction of sp³-hybridized carbons (Fsp3) is 0.333. The number of nitrogens with two attached hydrogens (primary N) is 1. The molecular weight excluding hydrogens is 313 g/mol. The topological polar surface area (TPSA) is 87.4 Å². The van der Waals surface area contributed by atoms with Gasteiger partial charge in [0.05, 0.1) is 17.6 Å². The van der Waals surface area contributed by atoms with Crippen molar-refractivity contribution in [2.45, 2.75) is 19.5 Å². The van der Waals surface area contributed by atoms with Gasteiger partial charge in [0.2, 0.25) is 0 Å². The lowest BCUT2D eigenvalue weighted by Gasteiger charge is -2.08. The van der Waals surface area contributed by atoms with E-state index < -0.39 is 0 Å². The average Bonchev–Trinajstić information content (AvgIpc) is 3.04. The first-order valence-electron chi connectivity index (χ1n) is 6.23. The van der Waals surface area contributed by atoms with E-state index in [1.165, 1.54) is 0 Å². The van der Waals surface area contributed by atoms with E-state index in [1.54, 1.807) is 11.0 Å². The van der Waals surface area contributed by atoms with Gasteiger partial charge in [0.15, 0.2) is 0 Å². The summed E-state index contributed by atoms with van der Waals surface area (Å²) in [7, 11) is 0. The van der Waals surface area contributed by atoms with Gasteiger partial charge in [0, 0.05) is 13.0 Å². The van der Waals surface area contributed by atoms with Gasteiger partial charge in [0.1, 0.15) is 12.2 Å². The molecule has 0 aliphatic rings. The van der Waals surface area contributed by atoms with Crippen molar-refractivity contribution < 1.29 is 0 Å². The molecule has 0 radical (unpaired) electrons. The summed E-state index contributed by atoms with van der Waals surface area (Å²) in [6, 6.07) is 8.10. The Hall–Kier alpha value is -1.70. The van der Waals surface area contributed by atoms with Crippen LogP contribution < -0.4 is 5.73 Å². The van der Waals surface area contributed by atoms with Crippen molar-refractivity contribution in [1.82, 2.24) is 29.8 Å². The van der Waals surface area contributed by atoms with Gasteiger partial charge in [-0.15, -0.1) is 29.9 Å². The van der Waals surface area contributed by atoms with Crippen molar-refractivity contribution in [1.29, 1.82) is 0 Å². The molecule has 0 saturated carbocycles. The number of fused-ring (bicyclic) bond motifs is 1. The van der Waals surface area contributed by atoms with Gasteiger partial charge in [-0.2, -0.15) is 0 Å². The second-order valence-corrected chi connectivity index (χ2v) is 4.28. The third-order valence-corrected chi connectivity index (χ3v) is 3.05. The highest BCUT2D eigenvalue weighted by molar-refractivity contribution is 5.85. The molecule has 2 aromatic heterocycles. The summed E-state index contributed by atoms with van der Waals surface area (Å²) < 4.78 is 3.89. The van der Waals surface area contributed by atoms with Crippen LogP contribution in [0.15, 0.2) is 30.6 Å². The molecule has 1 aromatic carbocycles. The van der Waals surface area contributed by atoms with Crippen LogP contribution >= 0.6 is 24.8 Å². The van der Waals surface area contributed by atoms with Crippen LogP contribution in [-0.2, 0) is 19.5 Å². The Balaban J connectivity index is 0.00000110. The number of nitrogens with zero attached hydrogens (tertiary/aromatic N) is 6. The van der Waals surface area contributed by atoms with Crippen LogP contribution in [0.1, 0.15) is 5.82 Å². The molecule has 0 fully saturated rings. The molecule has 21 heavy (non-hydrogen) atoms. The maximum Gasteiger partial charge on any atom is 0.138 e. The number of rotatable bonds is 5. The number of aryl methyl sites for hydroxylation is 2. The first kappa shape index (κ1) is 17.4. The highest BCUT2D eigenvalue weighted by atomic mass is 35.5. The van der Waals surface area contributed by atoms with Crippen LogP contribution in [0, 0.1) is 0 Å². The highest BCUT2D eigenvalue weighted by Gasteiger charge is 2.09. The number of hydrogen-bond donors (Lipinski definition) is 1. The van der Waals surface area contributed by atoms with Gasteiger partial charge in [-0.3, -0.25) is 0 Å². The average molecular weight is 330 g/mol. The number of imidazole rings is 1. The van der Waals surface area contributed by atoms with Gasteiger partial charge in [-0.25, -0.2) is 9.67 Å². The van der Waals surface area contributed by atoms with Gasteiger partial charge >= 0.3 is 0 Å². The Morgan fingerprint density at radius 1 is 1.10 bits per heavy atom. The largest absolute Gasteiger partial charge is 0.330 e. The predicted molar refractivity (Wildman–Crippen MR) is 84.8 cm³/mol. The molecule has 0 bridgehead atoms.